The Hall–Kier alpha value is -11.3. The standard InChI is InChI=1S/C36H47N7O10.C36H48N6O12/c37-43-40-21-31(45)39-20-22-8-12-25(13-9-22)30(44)19-27(18-23-10-11-24-5-1-2-6-26(24)17-23)33(48)38-16-4-3-7-28(34(49)50)41-36(53)42-29(35(51)52)14-15-32(46)47;37-42-39-23-29(44)8-5-16-53-18-19-54-17-14-28(43)22-27(21-24-10-11-25-6-1-2-7-26(25)20-24)33(47)38-15-4-3-9-30(34(48)49)40-36(52)41-31(35(50)51)12-13-32(45)46/h1-2,5-6,10-11,17,22,25,27-29H,3-4,7-9,12-16,18-21H2,(H,38,48)(H,39,45)(H,46,47)(H,49,50)(H,51,52)(H2,41,42,53);1-2,6-7,10-11,20,27,30-31H,3-5,8-9,12-19,21-23H2,(H,38,47)(H,45,46)(H,48,49)(H,50,51)(H2,40,41,52)/t22?,25?,27-,28+,29+;27-,30+,31+/m11/s1. The number of benzene rings is 4. The molecule has 4 aromatic rings. The summed E-state index contributed by atoms with van der Waals surface area (Å²) in [4.78, 5) is 174. The van der Waals surface area contributed by atoms with Gasteiger partial charge in [-0.05, 0) is 146 Å². The fraction of sp³-hybridized carbons (Fsp3) is 0.528. The van der Waals surface area contributed by atoms with Crippen LogP contribution in [0.25, 0.3) is 42.4 Å². The number of hydrogen-bond acceptors (Lipinski definition) is 18. The minimum Gasteiger partial charge on any atom is -0.481 e. The summed E-state index contributed by atoms with van der Waals surface area (Å²) in [7, 11) is 0. The van der Waals surface area contributed by atoms with E-state index in [1.165, 1.54) is 0 Å². The molecule has 4 aromatic carbocycles. The van der Waals surface area contributed by atoms with Gasteiger partial charge in [-0.3, -0.25) is 38.4 Å². The van der Waals surface area contributed by atoms with E-state index in [0.29, 0.717) is 58.1 Å². The van der Waals surface area contributed by atoms with Crippen LogP contribution in [-0.2, 0) is 79.8 Å². The Bertz CT molecular complexity index is 3780. The molecule has 1 fully saturated rings. The molecule has 0 aromatic heterocycles. The molecule has 1 aliphatic rings. The van der Waals surface area contributed by atoms with Crippen molar-refractivity contribution in [2.75, 3.05) is 59.2 Å². The quantitative estimate of drug-likeness (QED) is 0.00920. The lowest BCUT2D eigenvalue weighted by molar-refractivity contribution is -0.142. The average Bonchev–Trinajstić information content (AvgIpc) is 0.845. The SMILES string of the molecule is [N-]=[N+]=NCC(=O)CCCOCCOCCC(=O)C[C@@H](Cc1ccc2ccccc2c1)C(=O)NCCCC[C@H](NC(=O)N[C@@H](CCC(=O)O)C(=O)O)C(=O)O.[N-]=[N+]=NCC(=O)NCC1CCC(C(=O)C[C@@H](Cc2ccc3ccccc3c2)C(=O)NCCCC[C@H](NC(=O)N[C@@H](CCC(=O)O)C(=O)O)C(=O)O)CC1. The number of fused-ring (bicyclic) bond motifs is 2. The van der Waals surface area contributed by atoms with E-state index in [9.17, 15) is 87.5 Å². The Labute approximate surface area is 615 Å². The number of azide groups is 2. The van der Waals surface area contributed by atoms with Gasteiger partial charge in [-0.2, -0.15) is 0 Å². The smallest absolute Gasteiger partial charge is 0.326 e. The monoisotopic (exact) mass is 1490 g/mol. The maximum absolute atomic E-state index is 13.5. The first-order chi connectivity index (χ1) is 51.2. The highest BCUT2D eigenvalue weighted by Crippen LogP contribution is 2.32. The van der Waals surface area contributed by atoms with Crippen molar-refractivity contribution in [3.8, 4) is 0 Å². The van der Waals surface area contributed by atoms with Gasteiger partial charge < -0.3 is 77.3 Å². The predicted octanol–water partition coefficient (Wildman–Crippen LogP) is 6.95. The molecular weight excluding hydrogens is 1400 g/mol. The van der Waals surface area contributed by atoms with E-state index in [1.807, 2.05) is 84.9 Å². The van der Waals surface area contributed by atoms with Crippen molar-refractivity contribution in [1.82, 2.24) is 37.2 Å². The Morgan fingerprint density at radius 1 is 0.449 bits per heavy atom. The van der Waals surface area contributed by atoms with Crippen molar-refractivity contribution < 1.29 is 107 Å². The van der Waals surface area contributed by atoms with Crippen LogP contribution in [0.2, 0.25) is 0 Å². The lowest BCUT2D eigenvalue weighted by Crippen LogP contribution is -2.51. The van der Waals surface area contributed by atoms with Crippen molar-refractivity contribution in [3.05, 3.63) is 117 Å². The molecule has 107 heavy (non-hydrogen) atoms. The molecule has 35 nitrogen and oxygen atoms in total. The molecule has 0 heterocycles. The van der Waals surface area contributed by atoms with E-state index in [4.69, 9.17) is 30.7 Å². The summed E-state index contributed by atoms with van der Waals surface area (Å²) in [5, 5.41) is 82.7. The minimum absolute atomic E-state index is 0.00136. The molecule has 7 amide bonds. The van der Waals surface area contributed by atoms with Crippen LogP contribution in [0, 0.1) is 23.7 Å². The maximum Gasteiger partial charge on any atom is 0.326 e. The summed E-state index contributed by atoms with van der Waals surface area (Å²) in [5.74, 6) is -10.8. The Morgan fingerprint density at radius 3 is 1.33 bits per heavy atom. The number of unbranched alkanes of at least 4 members (excludes halogenated alkanes) is 2. The Kier molecular flexibility index (Phi) is 40.7. The molecule has 6 atom stereocenters. The average molecular weight is 1490 g/mol. The lowest BCUT2D eigenvalue weighted by Gasteiger charge is -2.28. The van der Waals surface area contributed by atoms with E-state index in [-0.39, 0.29) is 157 Å². The number of carbonyl (C=O) groups is 14. The number of hydrogen-bond donors (Lipinski definition) is 13. The van der Waals surface area contributed by atoms with Crippen molar-refractivity contribution in [2.45, 2.75) is 159 Å². The minimum atomic E-state index is -1.52. The van der Waals surface area contributed by atoms with E-state index < -0.39 is 96.7 Å². The third-order valence-corrected chi connectivity index (χ3v) is 17.5. The van der Waals surface area contributed by atoms with Gasteiger partial charge in [-0.15, -0.1) is 0 Å². The maximum atomic E-state index is 13.5. The second-order valence-corrected chi connectivity index (χ2v) is 25.7. The van der Waals surface area contributed by atoms with E-state index >= 15 is 0 Å². The number of amides is 7. The Balaban J connectivity index is 0.000000452. The van der Waals surface area contributed by atoms with Crippen molar-refractivity contribution in [1.29, 1.82) is 0 Å². The van der Waals surface area contributed by atoms with Gasteiger partial charge in [0.2, 0.25) is 17.7 Å². The van der Waals surface area contributed by atoms with Crippen molar-refractivity contribution in [2.24, 2.45) is 33.9 Å². The second-order valence-electron chi connectivity index (χ2n) is 25.7. The number of nitrogens with one attached hydrogen (secondary N) is 7. The summed E-state index contributed by atoms with van der Waals surface area (Å²) < 4.78 is 10.9. The molecule has 13 N–H and O–H groups in total. The lowest BCUT2D eigenvalue weighted by atomic mass is 9.77. The fourth-order valence-electron chi connectivity index (χ4n) is 11.7. The molecule has 1 aliphatic carbocycles. The molecule has 0 spiro atoms. The molecule has 35 heteroatoms. The molecule has 0 unspecified atom stereocenters. The summed E-state index contributed by atoms with van der Waals surface area (Å²) in [6.45, 7) is 1.30. The third kappa shape index (κ3) is 36.3. The van der Waals surface area contributed by atoms with Crippen LogP contribution in [0.3, 0.4) is 0 Å². The van der Waals surface area contributed by atoms with Crippen LogP contribution < -0.4 is 37.2 Å². The number of ether oxygens (including phenoxy) is 2. The zero-order chi connectivity index (χ0) is 78.5. The summed E-state index contributed by atoms with van der Waals surface area (Å²) in [5.41, 5.74) is 18.4. The van der Waals surface area contributed by atoms with Crippen LogP contribution in [0.1, 0.15) is 133 Å². The highest BCUT2D eigenvalue weighted by atomic mass is 16.5. The fourth-order valence-corrected chi connectivity index (χ4v) is 11.7. The number of rotatable bonds is 51. The molecule has 580 valence electrons. The third-order valence-electron chi connectivity index (χ3n) is 17.5. The zero-order valence-electron chi connectivity index (χ0n) is 59.3. The van der Waals surface area contributed by atoms with E-state index in [1.54, 1.807) is 0 Å². The van der Waals surface area contributed by atoms with Crippen LogP contribution in [0.4, 0.5) is 9.59 Å². The number of carboxylic acid groups (broad SMARTS) is 6. The van der Waals surface area contributed by atoms with Gasteiger partial charge in [0.25, 0.3) is 0 Å². The predicted molar refractivity (Wildman–Crippen MR) is 385 cm³/mol. The number of aliphatic carboxylic acids is 6. The van der Waals surface area contributed by atoms with Gasteiger partial charge in [0, 0.05) is 92.3 Å². The van der Waals surface area contributed by atoms with Crippen LogP contribution in [0.15, 0.2) is 95.2 Å². The van der Waals surface area contributed by atoms with Gasteiger partial charge in [0.05, 0.1) is 26.4 Å². The molecule has 5 rings (SSSR count). The number of carbonyl (C=O) groups excluding carboxylic acids is 8. The normalized spacial score (nSPS) is 14.7. The summed E-state index contributed by atoms with van der Waals surface area (Å²) in [6.07, 6.45) is 3.58. The second kappa shape index (κ2) is 49.4. The topological polar surface area (TPSA) is 561 Å². The largest absolute Gasteiger partial charge is 0.481 e. The van der Waals surface area contributed by atoms with Crippen LogP contribution in [-0.4, -0.2) is 197 Å². The molecule has 1 saturated carbocycles. The van der Waals surface area contributed by atoms with Gasteiger partial charge in [0.15, 0.2) is 0 Å². The van der Waals surface area contributed by atoms with Crippen molar-refractivity contribution in [3.63, 3.8) is 0 Å². The molecule has 0 aliphatic heterocycles. The summed E-state index contributed by atoms with van der Waals surface area (Å²) in [6, 6.07) is 19.4. The van der Waals surface area contributed by atoms with Gasteiger partial charge in [0.1, 0.15) is 48.1 Å². The molecule has 0 radical (unpaired) electrons. The number of ketones is 3. The van der Waals surface area contributed by atoms with E-state index in [0.717, 1.165) is 45.5 Å². The first kappa shape index (κ1) is 88.1. The number of nitrogens with zero attached hydrogens (tertiary/aromatic N) is 6. The number of carboxylic acids is 6. The number of urea groups is 2. The molecular formula is C72H95N13O22. The highest BCUT2D eigenvalue weighted by molar-refractivity contribution is 5.91. The van der Waals surface area contributed by atoms with Gasteiger partial charge in [-0.25, -0.2) is 28.8 Å². The van der Waals surface area contributed by atoms with Crippen LogP contribution in [0.5, 0.6) is 0 Å². The zero-order valence-corrected chi connectivity index (χ0v) is 59.3. The molecule has 0 saturated heterocycles. The first-order valence-corrected chi connectivity index (χ1v) is 35.2. The molecule has 0 bridgehead atoms. The first-order valence-electron chi connectivity index (χ1n) is 35.2. The van der Waals surface area contributed by atoms with E-state index in [2.05, 4.69) is 57.3 Å². The van der Waals surface area contributed by atoms with Crippen molar-refractivity contribution >= 4 is 104 Å². The Morgan fingerprint density at radius 2 is 0.879 bits per heavy atom. The van der Waals surface area contributed by atoms with Crippen LogP contribution >= 0.6 is 0 Å². The van der Waals surface area contributed by atoms with Gasteiger partial charge >= 0.3 is 47.9 Å². The number of Topliss-reactive ketones (excluding diaryl/α,β-unsaturated/α-hetero) is 3. The highest BCUT2D eigenvalue weighted by Gasteiger charge is 2.32. The summed E-state index contributed by atoms with van der Waals surface area (Å²) >= 11 is 0. The van der Waals surface area contributed by atoms with Gasteiger partial charge in [-0.1, -0.05) is 95.2 Å².